The Bertz CT molecular complexity index is 145. The minimum atomic E-state index is -3.05. The molecule has 0 aliphatic rings. The smallest absolute Gasteiger partial charge is 0.176 e. The molecule has 0 amide bonds. The zero-order valence-corrected chi connectivity index (χ0v) is 10.3. The van der Waals surface area contributed by atoms with E-state index >= 15 is 0 Å². The van der Waals surface area contributed by atoms with Crippen LogP contribution in [-0.2, 0) is 8.60 Å². The molecule has 6 heteroatoms. The molecule has 0 heterocycles. The molecule has 0 aliphatic heterocycles. The van der Waals surface area contributed by atoms with Crippen molar-refractivity contribution in [2.45, 2.75) is 39.8 Å². The molecule has 0 aromatic heterocycles. The Kier molecular flexibility index (Phi) is 5.68. The molecule has 1 atom stereocenters. The fourth-order valence-corrected chi connectivity index (χ4v) is 3.20. The van der Waals surface area contributed by atoms with Crippen molar-refractivity contribution in [3.8, 4) is 0 Å². The molecule has 0 bridgehead atoms. The Hall–Kier alpha value is 0.560. The molecule has 0 aliphatic carbocycles. The van der Waals surface area contributed by atoms with Crippen LogP contribution < -0.4 is 0 Å². The van der Waals surface area contributed by atoms with Gasteiger partial charge in [0.05, 0.1) is 7.11 Å². The van der Waals surface area contributed by atoms with Gasteiger partial charge >= 0.3 is 8.09 Å². The average Bonchev–Trinajstić information content (AvgIpc) is 2.02. The summed E-state index contributed by atoms with van der Waals surface area (Å²) in [7, 11) is -1.67. The third-order valence-corrected chi connectivity index (χ3v) is 4.38. The van der Waals surface area contributed by atoms with Gasteiger partial charge in [-0.3, -0.25) is 0 Å². The predicted octanol–water partition coefficient (Wildman–Crippen LogP) is 2.59. The van der Waals surface area contributed by atoms with Crippen molar-refractivity contribution >= 4 is 20.0 Å². The van der Waals surface area contributed by atoms with E-state index < -0.39 is 8.09 Å². The molecule has 4 nitrogen and oxygen atoms in total. The normalized spacial score (nSPS) is 17.1. The maximum Gasteiger partial charge on any atom is 0.520 e. The van der Waals surface area contributed by atoms with Crippen molar-refractivity contribution in [1.29, 1.82) is 0 Å². The number of nitrogens with zero attached hydrogens (tertiary/aromatic N) is 1. The molecule has 1 N–H and O–H groups in total. The van der Waals surface area contributed by atoms with Gasteiger partial charge in [0.2, 0.25) is 0 Å². The van der Waals surface area contributed by atoms with Crippen LogP contribution in [0.4, 0.5) is 0 Å². The van der Waals surface area contributed by atoms with Gasteiger partial charge in [-0.1, -0.05) is 4.67 Å². The van der Waals surface area contributed by atoms with E-state index in [0.29, 0.717) is 0 Å². The van der Waals surface area contributed by atoms with E-state index in [4.69, 9.17) is 16.4 Å². The molecule has 0 radical (unpaired) electrons. The second-order valence-electron chi connectivity index (χ2n) is 3.31. The maximum atomic E-state index is 9.89. The van der Waals surface area contributed by atoms with E-state index in [1.54, 1.807) is 4.67 Å². The van der Waals surface area contributed by atoms with Gasteiger partial charge in [0, 0.05) is 12.1 Å². The van der Waals surface area contributed by atoms with Crippen LogP contribution in [0.15, 0.2) is 0 Å². The molecule has 0 aromatic carbocycles. The molecule has 0 saturated heterocycles. The van der Waals surface area contributed by atoms with E-state index in [1.807, 2.05) is 27.7 Å². The summed E-state index contributed by atoms with van der Waals surface area (Å²) in [5.41, 5.74) is 0. The summed E-state index contributed by atoms with van der Waals surface area (Å²) in [5, 5.41) is 0. The minimum absolute atomic E-state index is 0.108. The third-order valence-electron chi connectivity index (χ3n) is 1.68. The van der Waals surface area contributed by atoms with Crippen LogP contribution in [0.2, 0.25) is 0 Å². The number of rotatable bonds is 5. The van der Waals surface area contributed by atoms with Crippen molar-refractivity contribution in [2.24, 2.45) is 0 Å². The van der Waals surface area contributed by atoms with Crippen molar-refractivity contribution in [1.82, 2.24) is 4.67 Å². The highest BCUT2D eigenvalue weighted by molar-refractivity contribution is 7.59. The lowest BCUT2D eigenvalue weighted by Crippen LogP contribution is -2.37. The van der Waals surface area contributed by atoms with Crippen LogP contribution >= 0.6 is 20.0 Å². The summed E-state index contributed by atoms with van der Waals surface area (Å²) in [6, 6.07) is 0.217. The Balaban J connectivity index is 4.69. The van der Waals surface area contributed by atoms with Gasteiger partial charge in [0.25, 0.3) is 0 Å². The van der Waals surface area contributed by atoms with Crippen molar-refractivity contribution in [2.75, 3.05) is 7.11 Å². The first-order valence-corrected chi connectivity index (χ1v) is 5.99. The lowest BCUT2D eigenvalue weighted by Gasteiger charge is -2.29. The fraction of sp³-hybridized carbons (Fsp3) is 1.00. The van der Waals surface area contributed by atoms with Crippen LogP contribution in [0.25, 0.3) is 0 Å². The summed E-state index contributed by atoms with van der Waals surface area (Å²) >= 11 is 5.22. The monoisotopic (exact) mass is 230 g/mol. The van der Waals surface area contributed by atoms with E-state index in [9.17, 15) is 4.89 Å². The Morgan fingerprint density at radius 1 is 1.23 bits per heavy atom. The summed E-state index contributed by atoms with van der Waals surface area (Å²) < 4.78 is 11.1. The first-order valence-electron chi connectivity index (χ1n) is 4.15. The molecule has 0 spiro atoms. The fourth-order valence-electron chi connectivity index (χ4n) is 1.34. The van der Waals surface area contributed by atoms with Crippen molar-refractivity contribution in [3.05, 3.63) is 0 Å². The van der Waals surface area contributed by atoms with E-state index in [0.717, 1.165) is 0 Å². The lowest BCUT2D eigenvalue weighted by atomic mass is 10.3. The topological polar surface area (TPSA) is 41.9 Å². The van der Waals surface area contributed by atoms with Gasteiger partial charge in [0.15, 0.2) is 0 Å². The first kappa shape index (κ1) is 13.6. The summed E-state index contributed by atoms with van der Waals surface area (Å²) in [4.78, 5) is 9.89. The third kappa shape index (κ3) is 3.31. The molecule has 0 fully saturated rings. The molecular formula is C7H18ClNO3P+. The van der Waals surface area contributed by atoms with E-state index in [1.165, 1.54) is 7.11 Å². The zero-order valence-electron chi connectivity index (χ0n) is 8.69. The highest BCUT2D eigenvalue weighted by Gasteiger charge is 2.51. The molecule has 80 valence electrons. The number of halogens is 1. The van der Waals surface area contributed by atoms with E-state index in [-0.39, 0.29) is 12.1 Å². The van der Waals surface area contributed by atoms with Gasteiger partial charge in [-0.25, -0.2) is 0 Å². The molecule has 0 saturated carbocycles. The van der Waals surface area contributed by atoms with Crippen LogP contribution in [0.3, 0.4) is 0 Å². The minimum Gasteiger partial charge on any atom is -0.176 e. The highest BCUT2D eigenvalue weighted by Crippen LogP contribution is 2.62. The zero-order chi connectivity index (χ0) is 10.6. The second kappa shape index (κ2) is 5.44. The molecule has 1 unspecified atom stereocenters. The van der Waals surface area contributed by atoms with E-state index in [2.05, 4.69) is 4.08 Å². The Morgan fingerprint density at radius 2 is 1.62 bits per heavy atom. The van der Waals surface area contributed by atoms with Gasteiger partial charge in [-0.05, 0) is 31.8 Å². The quantitative estimate of drug-likeness (QED) is 0.738. The standard InChI is InChI=1S/C7H18ClNO3P/c1-6(2)9(7(3)4)13(10,11-5)12-8/h6-7,10H,1-5H3/q+1. The van der Waals surface area contributed by atoms with Gasteiger partial charge in [-0.15, -0.1) is 0 Å². The van der Waals surface area contributed by atoms with Crippen molar-refractivity contribution < 1.29 is 13.5 Å². The van der Waals surface area contributed by atoms with Crippen LogP contribution in [-0.4, -0.2) is 28.8 Å². The Morgan fingerprint density at radius 3 is 1.69 bits per heavy atom. The van der Waals surface area contributed by atoms with Crippen LogP contribution in [0.1, 0.15) is 27.7 Å². The molecule has 13 heavy (non-hydrogen) atoms. The SMILES string of the molecule is CO[P+](O)(OCl)N(C(C)C)C(C)C. The van der Waals surface area contributed by atoms with Crippen LogP contribution in [0.5, 0.6) is 0 Å². The predicted molar refractivity (Wildman–Crippen MR) is 55.2 cm³/mol. The highest BCUT2D eigenvalue weighted by atomic mass is 35.5. The summed E-state index contributed by atoms with van der Waals surface area (Å²) in [5.74, 6) is 0. The molecule has 0 rings (SSSR count). The summed E-state index contributed by atoms with van der Waals surface area (Å²) in [6.07, 6.45) is 0. The first-order chi connectivity index (χ1) is 5.89. The Labute approximate surface area is 85.6 Å². The summed E-state index contributed by atoms with van der Waals surface area (Å²) in [6.45, 7) is 7.78. The van der Waals surface area contributed by atoms with Crippen LogP contribution in [0, 0.1) is 0 Å². The molecular weight excluding hydrogens is 213 g/mol. The largest absolute Gasteiger partial charge is 0.520 e. The van der Waals surface area contributed by atoms with Gasteiger partial charge < -0.3 is 0 Å². The van der Waals surface area contributed by atoms with Crippen molar-refractivity contribution in [3.63, 3.8) is 0 Å². The van der Waals surface area contributed by atoms with Gasteiger partial charge in [0.1, 0.15) is 11.9 Å². The molecule has 0 aromatic rings. The maximum absolute atomic E-state index is 9.89. The lowest BCUT2D eigenvalue weighted by molar-refractivity contribution is 0.169. The average molecular weight is 231 g/mol. The second-order valence-corrected chi connectivity index (χ2v) is 5.67. The van der Waals surface area contributed by atoms with Gasteiger partial charge in [-0.2, -0.15) is 9.42 Å². The number of hydrogen-bond acceptors (Lipinski definition) is 4. The number of hydrogen-bond donors (Lipinski definition) is 1.